The third kappa shape index (κ3) is 4.18. The van der Waals surface area contributed by atoms with E-state index in [1.54, 1.807) is 12.1 Å². The summed E-state index contributed by atoms with van der Waals surface area (Å²) in [4.78, 5) is 23.3. The molecule has 0 fully saturated rings. The second-order valence-corrected chi connectivity index (χ2v) is 4.88. The number of carbonyl (C=O) groups is 2. The Morgan fingerprint density at radius 1 is 1.05 bits per heavy atom. The molecule has 21 heavy (non-hydrogen) atoms. The van der Waals surface area contributed by atoms with Crippen LogP contribution in [-0.4, -0.2) is 11.8 Å². The highest BCUT2D eigenvalue weighted by Crippen LogP contribution is 2.17. The van der Waals surface area contributed by atoms with Gasteiger partial charge in [-0.05, 0) is 31.0 Å². The number of amides is 2. The van der Waals surface area contributed by atoms with Crippen molar-refractivity contribution in [3.05, 3.63) is 65.2 Å². The molecule has 4 heteroatoms. The number of urea groups is 1. The van der Waals surface area contributed by atoms with Crippen LogP contribution in [0.25, 0.3) is 0 Å². The third-order valence-electron chi connectivity index (χ3n) is 3.19. The first-order chi connectivity index (χ1) is 10.1. The first kappa shape index (κ1) is 14.8. The van der Waals surface area contributed by atoms with Crippen molar-refractivity contribution in [2.24, 2.45) is 0 Å². The van der Waals surface area contributed by atoms with E-state index in [1.807, 2.05) is 43.3 Å². The van der Waals surface area contributed by atoms with Gasteiger partial charge in [-0.2, -0.15) is 0 Å². The molecule has 0 heterocycles. The SMILES string of the molecule is CC(=O)c1ccc(C)c(NC(=O)NCc2ccccc2)c1. The Balaban J connectivity index is 1.99. The summed E-state index contributed by atoms with van der Waals surface area (Å²) in [6.45, 7) is 3.85. The highest BCUT2D eigenvalue weighted by Gasteiger charge is 2.07. The number of nitrogens with one attached hydrogen (secondary N) is 2. The van der Waals surface area contributed by atoms with Crippen LogP contribution in [0.3, 0.4) is 0 Å². The Hall–Kier alpha value is -2.62. The summed E-state index contributed by atoms with van der Waals surface area (Å²) in [7, 11) is 0. The molecule has 2 aromatic carbocycles. The van der Waals surface area contributed by atoms with Crippen LogP contribution in [0, 0.1) is 6.92 Å². The number of hydrogen-bond donors (Lipinski definition) is 2. The Kier molecular flexibility index (Phi) is 4.72. The van der Waals surface area contributed by atoms with Crippen LogP contribution in [0.5, 0.6) is 0 Å². The molecule has 0 saturated heterocycles. The molecule has 2 amide bonds. The second-order valence-electron chi connectivity index (χ2n) is 4.88. The predicted molar refractivity (Wildman–Crippen MR) is 83.5 cm³/mol. The summed E-state index contributed by atoms with van der Waals surface area (Å²) >= 11 is 0. The van der Waals surface area contributed by atoms with Crippen LogP contribution in [0.2, 0.25) is 0 Å². The number of aryl methyl sites for hydroxylation is 1. The van der Waals surface area contributed by atoms with Gasteiger partial charge in [-0.3, -0.25) is 4.79 Å². The molecular weight excluding hydrogens is 264 g/mol. The zero-order valence-corrected chi connectivity index (χ0v) is 12.1. The molecule has 0 aliphatic heterocycles. The minimum Gasteiger partial charge on any atom is -0.334 e. The third-order valence-corrected chi connectivity index (χ3v) is 3.19. The van der Waals surface area contributed by atoms with Gasteiger partial charge < -0.3 is 10.6 Å². The molecule has 2 rings (SSSR count). The lowest BCUT2D eigenvalue weighted by atomic mass is 10.1. The summed E-state index contributed by atoms with van der Waals surface area (Å²) in [5, 5.41) is 5.56. The van der Waals surface area contributed by atoms with Gasteiger partial charge >= 0.3 is 6.03 Å². The van der Waals surface area contributed by atoms with Gasteiger partial charge in [-0.25, -0.2) is 4.79 Å². The Morgan fingerprint density at radius 2 is 1.76 bits per heavy atom. The van der Waals surface area contributed by atoms with Gasteiger partial charge in [-0.1, -0.05) is 42.5 Å². The summed E-state index contributed by atoms with van der Waals surface area (Å²) in [5.41, 5.74) is 3.17. The number of benzene rings is 2. The van der Waals surface area contributed by atoms with Crippen LogP contribution in [0.1, 0.15) is 28.4 Å². The normalized spacial score (nSPS) is 10.0. The maximum Gasteiger partial charge on any atom is 0.319 e. The Morgan fingerprint density at radius 3 is 2.43 bits per heavy atom. The number of rotatable bonds is 4. The van der Waals surface area contributed by atoms with Crippen molar-refractivity contribution in [3.8, 4) is 0 Å². The van der Waals surface area contributed by atoms with Crippen molar-refractivity contribution < 1.29 is 9.59 Å². The molecule has 0 unspecified atom stereocenters. The molecule has 108 valence electrons. The number of ketones is 1. The van der Waals surface area contributed by atoms with Crippen molar-refractivity contribution in [3.63, 3.8) is 0 Å². The fraction of sp³-hybridized carbons (Fsp3) is 0.176. The number of Topliss-reactive ketones (excluding diaryl/α,β-unsaturated/α-hetero) is 1. The van der Waals surface area contributed by atoms with Crippen molar-refractivity contribution in [1.29, 1.82) is 0 Å². The quantitative estimate of drug-likeness (QED) is 0.843. The standard InChI is InChI=1S/C17H18N2O2/c1-12-8-9-15(13(2)20)10-16(12)19-17(21)18-11-14-6-4-3-5-7-14/h3-10H,11H2,1-2H3,(H2,18,19,21). The van der Waals surface area contributed by atoms with Gasteiger partial charge in [0.05, 0.1) is 0 Å². The zero-order valence-electron chi connectivity index (χ0n) is 12.1. The average Bonchev–Trinajstić information content (AvgIpc) is 2.48. The smallest absolute Gasteiger partial charge is 0.319 e. The van der Waals surface area contributed by atoms with Crippen LogP contribution in [0.4, 0.5) is 10.5 Å². The molecule has 0 saturated carbocycles. The van der Waals surface area contributed by atoms with Crippen molar-refractivity contribution in [2.45, 2.75) is 20.4 Å². The molecule has 0 aliphatic carbocycles. The van der Waals surface area contributed by atoms with Crippen LogP contribution < -0.4 is 10.6 Å². The highest BCUT2D eigenvalue weighted by molar-refractivity contribution is 5.97. The van der Waals surface area contributed by atoms with Gasteiger partial charge in [0, 0.05) is 17.8 Å². The lowest BCUT2D eigenvalue weighted by Gasteiger charge is -2.11. The van der Waals surface area contributed by atoms with E-state index in [4.69, 9.17) is 0 Å². The Labute approximate surface area is 124 Å². The van der Waals surface area contributed by atoms with E-state index in [-0.39, 0.29) is 11.8 Å². The lowest BCUT2D eigenvalue weighted by Crippen LogP contribution is -2.28. The van der Waals surface area contributed by atoms with Crippen molar-refractivity contribution in [2.75, 3.05) is 5.32 Å². The Bertz CT molecular complexity index is 651. The molecule has 4 nitrogen and oxygen atoms in total. The van der Waals surface area contributed by atoms with Gasteiger partial charge in [0.2, 0.25) is 0 Å². The maximum absolute atomic E-state index is 11.9. The molecular formula is C17H18N2O2. The number of carbonyl (C=O) groups excluding carboxylic acids is 2. The van der Waals surface area contributed by atoms with Crippen molar-refractivity contribution >= 4 is 17.5 Å². The molecule has 2 aromatic rings. The monoisotopic (exact) mass is 282 g/mol. The van der Waals surface area contributed by atoms with E-state index in [0.29, 0.717) is 17.8 Å². The predicted octanol–water partition coefficient (Wildman–Crippen LogP) is 3.52. The van der Waals surface area contributed by atoms with E-state index in [1.165, 1.54) is 6.92 Å². The number of anilines is 1. The molecule has 0 aromatic heterocycles. The largest absolute Gasteiger partial charge is 0.334 e. The van der Waals surface area contributed by atoms with Crippen molar-refractivity contribution in [1.82, 2.24) is 5.32 Å². The second kappa shape index (κ2) is 6.70. The summed E-state index contributed by atoms with van der Waals surface area (Å²) in [5.74, 6) is -0.0252. The summed E-state index contributed by atoms with van der Waals surface area (Å²) < 4.78 is 0. The molecule has 0 radical (unpaired) electrons. The van der Waals surface area contributed by atoms with Gasteiger partial charge in [-0.15, -0.1) is 0 Å². The van der Waals surface area contributed by atoms with Gasteiger partial charge in [0.25, 0.3) is 0 Å². The van der Waals surface area contributed by atoms with Gasteiger partial charge in [0.1, 0.15) is 0 Å². The lowest BCUT2D eigenvalue weighted by molar-refractivity contribution is 0.101. The molecule has 0 bridgehead atoms. The van der Waals surface area contributed by atoms with Crippen LogP contribution in [0.15, 0.2) is 48.5 Å². The zero-order chi connectivity index (χ0) is 15.2. The molecule has 0 spiro atoms. The van der Waals surface area contributed by atoms with Crippen LogP contribution in [-0.2, 0) is 6.54 Å². The topological polar surface area (TPSA) is 58.2 Å². The summed E-state index contributed by atoms with van der Waals surface area (Å²) in [6.07, 6.45) is 0. The van der Waals surface area contributed by atoms with Crippen LogP contribution >= 0.6 is 0 Å². The molecule has 0 aliphatic rings. The van der Waals surface area contributed by atoms with Gasteiger partial charge in [0.15, 0.2) is 5.78 Å². The van der Waals surface area contributed by atoms with E-state index >= 15 is 0 Å². The number of hydrogen-bond acceptors (Lipinski definition) is 2. The van der Waals surface area contributed by atoms with E-state index in [2.05, 4.69) is 10.6 Å². The van der Waals surface area contributed by atoms with E-state index in [0.717, 1.165) is 11.1 Å². The first-order valence-electron chi connectivity index (χ1n) is 6.76. The fourth-order valence-corrected chi connectivity index (χ4v) is 1.92. The molecule has 2 N–H and O–H groups in total. The average molecular weight is 282 g/mol. The first-order valence-corrected chi connectivity index (χ1v) is 6.76. The minimum atomic E-state index is -0.289. The van der Waals surface area contributed by atoms with E-state index < -0.39 is 0 Å². The summed E-state index contributed by atoms with van der Waals surface area (Å²) in [6, 6.07) is 14.7. The minimum absolute atomic E-state index is 0.0252. The highest BCUT2D eigenvalue weighted by atomic mass is 16.2. The maximum atomic E-state index is 11.9. The van der Waals surface area contributed by atoms with E-state index in [9.17, 15) is 9.59 Å². The fourth-order valence-electron chi connectivity index (χ4n) is 1.92. The molecule has 0 atom stereocenters.